The first-order valence-corrected chi connectivity index (χ1v) is 5.15. The molecule has 0 aliphatic carbocycles. The Balaban J connectivity index is 2.82. The maximum absolute atomic E-state index is 11.1. The van der Waals surface area contributed by atoms with E-state index in [0.717, 1.165) is 4.47 Å². The van der Waals surface area contributed by atoms with E-state index in [1.165, 1.54) is 0 Å². The van der Waals surface area contributed by atoms with Crippen LogP contribution in [0.4, 0.5) is 0 Å². The quantitative estimate of drug-likeness (QED) is 0.829. The highest BCUT2D eigenvalue weighted by molar-refractivity contribution is 9.10. The first kappa shape index (κ1) is 12.0. The highest BCUT2D eigenvalue weighted by Gasteiger charge is 2.09. The summed E-state index contributed by atoms with van der Waals surface area (Å²) in [5.41, 5.74) is 5.57. The van der Waals surface area contributed by atoms with Crippen LogP contribution in [0.25, 0.3) is 0 Å². The zero-order chi connectivity index (χ0) is 11.3. The van der Waals surface area contributed by atoms with Gasteiger partial charge in [-0.15, -0.1) is 0 Å². The predicted octanol–water partition coefficient (Wildman–Crippen LogP) is 1.57. The Bertz CT molecular complexity index is 355. The molecule has 0 saturated heterocycles. The maximum atomic E-state index is 11.1. The molecule has 0 atom stereocenters. The summed E-state index contributed by atoms with van der Waals surface area (Å²) < 4.78 is 11.0. The van der Waals surface area contributed by atoms with Gasteiger partial charge in [-0.25, -0.2) is 0 Å². The molecule has 1 aromatic carbocycles. The Morgan fingerprint density at radius 3 is 2.80 bits per heavy atom. The van der Waals surface area contributed by atoms with E-state index in [1.54, 1.807) is 25.3 Å². The molecule has 0 radical (unpaired) electrons. The summed E-state index contributed by atoms with van der Waals surface area (Å²) in [6.07, 6.45) is 0. The zero-order valence-electron chi connectivity index (χ0n) is 8.33. The Hall–Kier alpha value is -1.07. The highest BCUT2D eigenvalue weighted by atomic mass is 79.9. The first-order valence-electron chi connectivity index (χ1n) is 4.36. The van der Waals surface area contributed by atoms with Crippen molar-refractivity contribution < 1.29 is 14.3 Å². The van der Waals surface area contributed by atoms with Gasteiger partial charge in [-0.3, -0.25) is 4.79 Å². The molecule has 0 aliphatic heterocycles. The van der Waals surface area contributed by atoms with Gasteiger partial charge in [-0.2, -0.15) is 0 Å². The van der Waals surface area contributed by atoms with Crippen LogP contribution >= 0.6 is 15.9 Å². The number of amides is 1. The summed E-state index contributed by atoms with van der Waals surface area (Å²) in [4.78, 5) is 11.1. The first-order chi connectivity index (χ1) is 7.15. The number of halogens is 1. The topological polar surface area (TPSA) is 61.6 Å². The average Bonchev–Trinajstić information content (AvgIpc) is 2.18. The molecule has 5 heteroatoms. The minimum absolute atomic E-state index is 0.370. The van der Waals surface area contributed by atoms with E-state index < -0.39 is 5.91 Å². The van der Waals surface area contributed by atoms with E-state index in [4.69, 9.17) is 15.2 Å². The van der Waals surface area contributed by atoms with Crippen LogP contribution in [-0.4, -0.2) is 26.2 Å². The molecule has 2 N–H and O–H groups in total. The predicted molar refractivity (Wildman–Crippen MR) is 60.0 cm³/mol. The number of benzene rings is 1. The molecule has 0 aromatic heterocycles. The molecule has 0 saturated carbocycles. The molecule has 15 heavy (non-hydrogen) atoms. The second-order valence-corrected chi connectivity index (χ2v) is 3.76. The van der Waals surface area contributed by atoms with E-state index in [9.17, 15) is 4.79 Å². The Kier molecular flexibility index (Phi) is 4.58. The summed E-state index contributed by atoms with van der Waals surface area (Å²) in [6, 6.07) is 5.06. The van der Waals surface area contributed by atoms with Crippen molar-refractivity contribution >= 4 is 21.8 Å². The van der Waals surface area contributed by atoms with Crippen molar-refractivity contribution in [1.29, 1.82) is 0 Å². The van der Waals surface area contributed by atoms with E-state index in [1.807, 2.05) is 0 Å². The SMILES string of the molecule is COCCOc1cc(Br)ccc1C(N)=O. The van der Waals surface area contributed by atoms with E-state index in [2.05, 4.69) is 15.9 Å². The molecule has 0 heterocycles. The number of carbonyl (C=O) groups is 1. The number of ether oxygens (including phenoxy) is 2. The Morgan fingerprint density at radius 1 is 1.47 bits per heavy atom. The van der Waals surface area contributed by atoms with Crippen LogP contribution in [0, 0.1) is 0 Å². The van der Waals surface area contributed by atoms with Crippen molar-refractivity contribution in [2.24, 2.45) is 5.73 Å². The number of carbonyl (C=O) groups excluding carboxylic acids is 1. The third-order valence-electron chi connectivity index (χ3n) is 1.75. The minimum atomic E-state index is -0.505. The van der Waals surface area contributed by atoms with Gasteiger partial charge in [0.15, 0.2) is 0 Å². The summed E-state index contributed by atoms with van der Waals surface area (Å²) in [5, 5.41) is 0. The summed E-state index contributed by atoms with van der Waals surface area (Å²) in [7, 11) is 1.58. The van der Waals surface area contributed by atoms with Crippen LogP contribution < -0.4 is 10.5 Å². The van der Waals surface area contributed by atoms with Gasteiger partial charge in [0.1, 0.15) is 12.4 Å². The lowest BCUT2D eigenvalue weighted by Gasteiger charge is -2.09. The normalized spacial score (nSPS) is 10.0. The maximum Gasteiger partial charge on any atom is 0.252 e. The zero-order valence-corrected chi connectivity index (χ0v) is 9.91. The fraction of sp³-hybridized carbons (Fsp3) is 0.300. The van der Waals surface area contributed by atoms with Crippen molar-refractivity contribution in [2.45, 2.75) is 0 Å². The third kappa shape index (κ3) is 3.53. The van der Waals surface area contributed by atoms with Gasteiger partial charge in [0.25, 0.3) is 5.91 Å². The van der Waals surface area contributed by atoms with Crippen molar-refractivity contribution in [1.82, 2.24) is 0 Å². The van der Waals surface area contributed by atoms with Gasteiger partial charge in [0.2, 0.25) is 0 Å². The van der Waals surface area contributed by atoms with E-state index in [0.29, 0.717) is 24.5 Å². The fourth-order valence-corrected chi connectivity index (χ4v) is 1.39. The van der Waals surface area contributed by atoms with Crippen LogP contribution in [0.15, 0.2) is 22.7 Å². The van der Waals surface area contributed by atoms with Gasteiger partial charge < -0.3 is 15.2 Å². The smallest absolute Gasteiger partial charge is 0.252 e. The number of hydrogen-bond acceptors (Lipinski definition) is 3. The second-order valence-electron chi connectivity index (χ2n) is 2.85. The number of hydrogen-bond donors (Lipinski definition) is 1. The molecule has 0 unspecified atom stereocenters. The summed E-state index contributed by atoms with van der Waals surface area (Å²) >= 11 is 3.29. The lowest BCUT2D eigenvalue weighted by Crippen LogP contribution is -2.14. The average molecular weight is 274 g/mol. The number of methoxy groups -OCH3 is 1. The molecule has 82 valence electrons. The Morgan fingerprint density at radius 2 is 2.20 bits per heavy atom. The Labute approximate surface area is 96.5 Å². The van der Waals surface area contributed by atoms with Crippen LogP contribution in [0.5, 0.6) is 5.75 Å². The molecule has 1 rings (SSSR count). The number of nitrogens with two attached hydrogens (primary N) is 1. The molecular weight excluding hydrogens is 262 g/mol. The molecule has 0 aliphatic rings. The van der Waals surface area contributed by atoms with Crippen LogP contribution in [0.2, 0.25) is 0 Å². The van der Waals surface area contributed by atoms with Gasteiger partial charge in [0.05, 0.1) is 12.2 Å². The molecule has 0 bridgehead atoms. The molecular formula is C10H12BrNO3. The molecule has 4 nitrogen and oxygen atoms in total. The van der Waals surface area contributed by atoms with Crippen molar-refractivity contribution in [3.8, 4) is 5.75 Å². The highest BCUT2D eigenvalue weighted by Crippen LogP contribution is 2.23. The van der Waals surface area contributed by atoms with Gasteiger partial charge >= 0.3 is 0 Å². The standard InChI is InChI=1S/C10H12BrNO3/c1-14-4-5-15-9-6-7(11)2-3-8(9)10(12)13/h2-3,6H,4-5H2,1H3,(H2,12,13). The number of rotatable bonds is 5. The summed E-state index contributed by atoms with van der Waals surface area (Å²) in [6.45, 7) is 0.845. The van der Waals surface area contributed by atoms with E-state index in [-0.39, 0.29) is 0 Å². The lowest BCUT2D eigenvalue weighted by molar-refractivity contribution is 0.0992. The van der Waals surface area contributed by atoms with Crippen LogP contribution in [0.1, 0.15) is 10.4 Å². The third-order valence-corrected chi connectivity index (χ3v) is 2.25. The molecule has 1 aromatic rings. The fourth-order valence-electron chi connectivity index (χ4n) is 1.05. The second kappa shape index (κ2) is 5.72. The van der Waals surface area contributed by atoms with Crippen molar-refractivity contribution in [2.75, 3.05) is 20.3 Å². The van der Waals surface area contributed by atoms with E-state index >= 15 is 0 Å². The monoisotopic (exact) mass is 273 g/mol. The molecule has 1 amide bonds. The molecule has 0 spiro atoms. The minimum Gasteiger partial charge on any atom is -0.490 e. The van der Waals surface area contributed by atoms with Gasteiger partial charge in [0, 0.05) is 11.6 Å². The number of primary amides is 1. The lowest BCUT2D eigenvalue weighted by atomic mass is 10.2. The summed E-state index contributed by atoms with van der Waals surface area (Å²) in [5.74, 6) is -0.0381. The van der Waals surface area contributed by atoms with Gasteiger partial charge in [-0.1, -0.05) is 15.9 Å². The van der Waals surface area contributed by atoms with Crippen LogP contribution in [0.3, 0.4) is 0 Å². The largest absolute Gasteiger partial charge is 0.490 e. The van der Waals surface area contributed by atoms with Crippen molar-refractivity contribution in [3.05, 3.63) is 28.2 Å². The van der Waals surface area contributed by atoms with Crippen LogP contribution in [-0.2, 0) is 4.74 Å². The van der Waals surface area contributed by atoms with Crippen molar-refractivity contribution in [3.63, 3.8) is 0 Å². The van der Waals surface area contributed by atoms with Gasteiger partial charge in [-0.05, 0) is 18.2 Å². The molecule has 0 fully saturated rings.